The minimum atomic E-state index is -3.43. The summed E-state index contributed by atoms with van der Waals surface area (Å²) in [6.07, 6.45) is 0.298. The third-order valence-electron chi connectivity index (χ3n) is 2.20. The maximum absolute atomic E-state index is 12.4. The number of benzene rings is 1. The molecule has 0 spiro atoms. The van der Waals surface area contributed by atoms with Gasteiger partial charge in [-0.25, -0.2) is 4.21 Å². The van der Waals surface area contributed by atoms with Crippen molar-refractivity contribution in [1.29, 1.82) is 0 Å². The Morgan fingerprint density at radius 3 is 2.17 bits per heavy atom. The van der Waals surface area contributed by atoms with Gasteiger partial charge in [-0.1, -0.05) is 30.3 Å². The van der Waals surface area contributed by atoms with Crippen LogP contribution in [0.5, 0.6) is 0 Å². The van der Waals surface area contributed by atoms with Crippen molar-refractivity contribution < 1.29 is 17.8 Å². The van der Waals surface area contributed by atoms with Crippen molar-refractivity contribution in [2.24, 2.45) is 0 Å². The van der Waals surface area contributed by atoms with Crippen LogP contribution in [0.1, 0.15) is 19.4 Å². The van der Waals surface area contributed by atoms with Gasteiger partial charge in [0.1, 0.15) is 15.9 Å². The van der Waals surface area contributed by atoms with Crippen molar-refractivity contribution in [1.82, 2.24) is 0 Å². The zero-order valence-electron chi connectivity index (χ0n) is 10.5. The maximum Gasteiger partial charge on any atom is 0.370 e. The Morgan fingerprint density at radius 1 is 1.17 bits per heavy atom. The summed E-state index contributed by atoms with van der Waals surface area (Å²) in [4.78, 5) is 0. The van der Waals surface area contributed by atoms with Gasteiger partial charge >= 0.3 is 7.60 Å². The Labute approximate surface area is 111 Å². The molecule has 0 aliphatic carbocycles. The largest absolute Gasteiger partial charge is 0.370 e. The van der Waals surface area contributed by atoms with Gasteiger partial charge in [0, 0.05) is 6.42 Å². The minimum absolute atomic E-state index is 0.205. The van der Waals surface area contributed by atoms with Gasteiger partial charge in [0.15, 0.2) is 0 Å². The van der Waals surface area contributed by atoms with Gasteiger partial charge in [-0.05, 0) is 19.4 Å². The lowest BCUT2D eigenvalue weighted by Gasteiger charge is -2.17. The molecule has 0 fully saturated rings. The van der Waals surface area contributed by atoms with E-state index >= 15 is 0 Å². The molecule has 0 atom stereocenters. The standard InChI is InChI=1S/C12H17O4PS/c1-3-15-17(13,16-4-2)12(18-14)10-11-8-6-5-7-9-11/h5-9H,3-4,10H2,1-2H3. The summed E-state index contributed by atoms with van der Waals surface area (Å²) in [6.45, 7) is 3.94. The SMILES string of the molecule is CCOP(=O)(OCC)C(Cc1ccccc1)=S=O. The quantitative estimate of drug-likeness (QED) is 0.572. The summed E-state index contributed by atoms with van der Waals surface area (Å²) in [6, 6.07) is 9.37. The summed E-state index contributed by atoms with van der Waals surface area (Å²) in [5.41, 5.74) is 0.912. The first-order valence-corrected chi connectivity index (χ1v) is 8.04. The topological polar surface area (TPSA) is 52.6 Å². The molecule has 0 amide bonds. The molecule has 1 aromatic carbocycles. The zero-order chi connectivity index (χ0) is 13.4. The molecule has 6 heteroatoms. The fraction of sp³-hybridized carbons (Fsp3) is 0.417. The van der Waals surface area contributed by atoms with Gasteiger partial charge in [0.25, 0.3) is 0 Å². The highest BCUT2D eigenvalue weighted by Crippen LogP contribution is 2.49. The van der Waals surface area contributed by atoms with Crippen molar-refractivity contribution in [2.75, 3.05) is 13.2 Å². The highest BCUT2D eigenvalue weighted by molar-refractivity contribution is 7.91. The summed E-state index contributed by atoms with van der Waals surface area (Å²) >= 11 is 0.205. The summed E-state index contributed by atoms with van der Waals surface area (Å²) in [5, 5.41) is 0. The van der Waals surface area contributed by atoms with Crippen LogP contribution in [0.3, 0.4) is 0 Å². The average molecular weight is 288 g/mol. The predicted octanol–water partition coefficient (Wildman–Crippen LogP) is 2.84. The highest BCUT2D eigenvalue weighted by Gasteiger charge is 2.31. The maximum atomic E-state index is 12.4. The fourth-order valence-electron chi connectivity index (χ4n) is 1.46. The van der Waals surface area contributed by atoms with Crippen LogP contribution in [0.15, 0.2) is 30.3 Å². The number of hydrogen-bond acceptors (Lipinski definition) is 4. The molecule has 0 heterocycles. The molecule has 0 aliphatic heterocycles. The van der Waals surface area contributed by atoms with Crippen LogP contribution in [0.25, 0.3) is 0 Å². The van der Waals surface area contributed by atoms with E-state index in [-0.39, 0.29) is 29.1 Å². The van der Waals surface area contributed by atoms with Crippen molar-refractivity contribution in [3.63, 3.8) is 0 Å². The van der Waals surface area contributed by atoms with E-state index in [9.17, 15) is 8.77 Å². The van der Waals surface area contributed by atoms with Crippen molar-refractivity contribution >= 4 is 23.5 Å². The van der Waals surface area contributed by atoms with E-state index < -0.39 is 7.60 Å². The Bertz CT molecular complexity index is 458. The zero-order valence-corrected chi connectivity index (χ0v) is 12.2. The second-order valence-electron chi connectivity index (χ2n) is 3.47. The van der Waals surface area contributed by atoms with E-state index in [1.165, 1.54) is 0 Å². The van der Waals surface area contributed by atoms with Crippen LogP contribution in [-0.4, -0.2) is 22.0 Å². The summed E-state index contributed by atoms with van der Waals surface area (Å²) < 4.78 is 34.2. The Hall–Kier alpha value is -0.740. The monoisotopic (exact) mass is 288 g/mol. The molecule has 4 nitrogen and oxygen atoms in total. The molecule has 0 saturated carbocycles. The van der Waals surface area contributed by atoms with Gasteiger partial charge in [-0.3, -0.25) is 4.57 Å². The van der Waals surface area contributed by atoms with Gasteiger partial charge in [0.05, 0.1) is 13.2 Å². The third-order valence-corrected chi connectivity index (χ3v) is 5.39. The van der Waals surface area contributed by atoms with Crippen LogP contribution < -0.4 is 0 Å². The van der Waals surface area contributed by atoms with E-state index in [1.54, 1.807) is 13.8 Å². The van der Waals surface area contributed by atoms with Gasteiger partial charge in [-0.2, -0.15) is 0 Å². The second kappa shape index (κ2) is 7.64. The minimum Gasteiger partial charge on any atom is -0.305 e. The van der Waals surface area contributed by atoms with Crippen LogP contribution >= 0.6 is 7.60 Å². The molecular weight excluding hydrogens is 271 g/mol. The molecule has 0 bridgehead atoms. The normalized spacial score (nSPS) is 11.2. The fourth-order valence-corrected chi connectivity index (χ4v) is 3.79. The molecule has 18 heavy (non-hydrogen) atoms. The molecule has 0 aromatic heterocycles. The smallest absolute Gasteiger partial charge is 0.305 e. The lowest BCUT2D eigenvalue weighted by Crippen LogP contribution is -2.10. The molecule has 0 N–H and O–H groups in total. The van der Waals surface area contributed by atoms with Crippen LogP contribution in [0, 0.1) is 0 Å². The van der Waals surface area contributed by atoms with Crippen LogP contribution in [-0.2, 0) is 31.3 Å². The van der Waals surface area contributed by atoms with Crippen LogP contribution in [0.4, 0.5) is 0 Å². The molecule has 1 rings (SSSR count). The molecule has 1 aromatic rings. The highest BCUT2D eigenvalue weighted by atomic mass is 32.1. The Kier molecular flexibility index (Phi) is 6.50. The molecule has 0 aliphatic rings. The lowest BCUT2D eigenvalue weighted by atomic mass is 10.2. The van der Waals surface area contributed by atoms with Crippen molar-refractivity contribution in [2.45, 2.75) is 20.3 Å². The Balaban J connectivity index is 2.95. The van der Waals surface area contributed by atoms with Gasteiger partial charge < -0.3 is 9.05 Å². The molecule has 0 unspecified atom stereocenters. The van der Waals surface area contributed by atoms with Gasteiger partial charge in [0.2, 0.25) is 0 Å². The molecule has 0 saturated heterocycles. The summed E-state index contributed by atoms with van der Waals surface area (Å²) in [7, 11) is -3.43. The Morgan fingerprint density at radius 2 is 1.72 bits per heavy atom. The predicted molar refractivity (Wildman–Crippen MR) is 74.2 cm³/mol. The van der Waals surface area contributed by atoms with E-state index in [2.05, 4.69) is 0 Å². The lowest BCUT2D eigenvalue weighted by molar-refractivity contribution is 0.232. The third kappa shape index (κ3) is 4.18. The van der Waals surface area contributed by atoms with E-state index in [0.29, 0.717) is 6.42 Å². The summed E-state index contributed by atoms with van der Waals surface area (Å²) in [5.74, 6) is 0. The van der Waals surface area contributed by atoms with E-state index in [4.69, 9.17) is 9.05 Å². The first-order valence-electron chi connectivity index (χ1n) is 5.75. The molecular formula is C12H17O4PS. The first kappa shape index (κ1) is 15.3. The van der Waals surface area contributed by atoms with Gasteiger partial charge in [-0.15, -0.1) is 0 Å². The number of rotatable bonds is 7. The van der Waals surface area contributed by atoms with E-state index in [1.807, 2.05) is 30.3 Å². The van der Waals surface area contributed by atoms with Crippen molar-refractivity contribution in [3.05, 3.63) is 35.9 Å². The van der Waals surface area contributed by atoms with Crippen LogP contribution in [0.2, 0.25) is 0 Å². The molecule has 100 valence electrons. The van der Waals surface area contributed by atoms with Crippen molar-refractivity contribution in [3.8, 4) is 0 Å². The van der Waals surface area contributed by atoms with E-state index in [0.717, 1.165) is 5.56 Å². The average Bonchev–Trinajstić information content (AvgIpc) is 2.37. The first-order chi connectivity index (χ1) is 8.66. The second-order valence-corrected chi connectivity index (χ2v) is 6.49. The number of hydrogen-bond donors (Lipinski definition) is 0. The molecule has 0 radical (unpaired) electrons.